The van der Waals surface area contributed by atoms with Crippen LogP contribution in [-0.2, 0) is 21.2 Å². The van der Waals surface area contributed by atoms with Crippen LogP contribution >= 0.6 is 11.6 Å². The molecule has 1 N–H and O–H groups in total. The number of rotatable bonds is 3. The highest BCUT2D eigenvalue weighted by atomic mass is 35.5. The summed E-state index contributed by atoms with van der Waals surface area (Å²) in [6.07, 6.45) is -4.35. The molecular weight excluding hydrogens is 366 g/mol. The summed E-state index contributed by atoms with van der Waals surface area (Å²) in [5, 5.41) is 8.95. The summed E-state index contributed by atoms with van der Waals surface area (Å²) in [5.41, 5.74) is -4.62. The summed E-state index contributed by atoms with van der Waals surface area (Å²) < 4.78 is 53.0. The van der Waals surface area contributed by atoms with Crippen molar-refractivity contribution in [1.29, 1.82) is 0 Å². The summed E-state index contributed by atoms with van der Waals surface area (Å²) in [7, 11) is 0. The van der Waals surface area contributed by atoms with E-state index in [4.69, 9.17) is 16.7 Å². The zero-order valence-electron chi connectivity index (χ0n) is 12.9. The van der Waals surface area contributed by atoms with Crippen molar-refractivity contribution in [3.8, 4) is 0 Å². The Balaban J connectivity index is 1.91. The van der Waals surface area contributed by atoms with Crippen molar-refractivity contribution in [2.75, 3.05) is 13.1 Å². The highest BCUT2D eigenvalue weighted by molar-refractivity contribution is 6.32. The molecule has 136 valence electrons. The molecule has 4 nitrogen and oxygen atoms in total. The van der Waals surface area contributed by atoms with Gasteiger partial charge >= 0.3 is 12.1 Å². The molecule has 0 radical (unpaired) electrons. The number of nitrogens with zero attached hydrogens (tertiary/aromatic N) is 1. The highest BCUT2D eigenvalue weighted by Crippen LogP contribution is 2.53. The van der Waals surface area contributed by atoms with E-state index in [2.05, 4.69) is 0 Å². The largest absolute Gasteiger partial charge is 0.479 e. The number of carbonyl (C=O) groups excluding carboxylic acids is 1. The molecule has 0 spiro atoms. The van der Waals surface area contributed by atoms with Crippen LogP contribution in [0.1, 0.15) is 30.4 Å². The van der Waals surface area contributed by atoms with Gasteiger partial charge < -0.3 is 10.0 Å². The Morgan fingerprint density at radius 3 is 2.32 bits per heavy atom. The van der Waals surface area contributed by atoms with Crippen molar-refractivity contribution >= 4 is 23.5 Å². The van der Waals surface area contributed by atoms with E-state index in [1.807, 2.05) is 0 Å². The van der Waals surface area contributed by atoms with Gasteiger partial charge in [0.2, 0.25) is 11.6 Å². The van der Waals surface area contributed by atoms with Crippen molar-refractivity contribution in [2.24, 2.45) is 0 Å². The summed E-state index contributed by atoms with van der Waals surface area (Å²) in [5.74, 6) is -2.22. The van der Waals surface area contributed by atoms with E-state index < -0.39 is 41.2 Å². The maximum absolute atomic E-state index is 14.2. The number of alkyl halides is 4. The van der Waals surface area contributed by atoms with Crippen LogP contribution < -0.4 is 0 Å². The van der Waals surface area contributed by atoms with Gasteiger partial charge in [-0.15, -0.1) is 0 Å². The third kappa shape index (κ3) is 2.96. The molecule has 2 aliphatic rings. The Bertz CT molecular complexity index is 747. The fraction of sp³-hybridized carbons (Fsp3) is 0.500. The van der Waals surface area contributed by atoms with Gasteiger partial charge in [0.05, 0.1) is 17.5 Å². The van der Waals surface area contributed by atoms with Crippen molar-refractivity contribution < 1.29 is 32.3 Å². The van der Waals surface area contributed by atoms with E-state index in [-0.39, 0.29) is 36.4 Å². The number of benzene rings is 1. The van der Waals surface area contributed by atoms with Crippen molar-refractivity contribution in [3.63, 3.8) is 0 Å². The number of hydrogen-bond acceptors (Lipinski definition) is 2. The normalized spacial score (nSPS) is 25.1. The molecule has 2 fully saturated rings. The van der Waals surface area contributed by atoms with Crippen molar-refractivity contribution in [2.45, 2.75) is 36.5 Å². The molecule has 1 aromatic carbocycles. The van der Waals surface area contributed by atoms with E-state index in [0.29, 0.717) is 0 Å². The minimum absolute atomic E-state index is 0.0304. The van der Waals surface area contributed by atoms with Crippen LogP contribution in [0.25, 0.3) is 0 Å². The van der Waals surface area contributed by atoms with Gasteiger partial charge in [0.15, 0.2) is 0 Å². The fourth-order valence-corrected chi connectivity index (χ4v) is 3.51. The molecule has 1 aliphatic heterocycles. The average Bonchev–Trinajstić information content (AvgIpc) is 3.22. The molecule has 1 saturated carbocycles. The molecule has 1 amide bonds. The molecule has 1 unspecified atom stereocenters. The molecule has 0 aromatic heterocycles. The predicted molar refractivity (Wildman–Crippen MR) is 80.0 cm³/mol. The standard InChI is InChI=1S/C16H14ClF4NO3/c17-11-2-1-9(16(19,20)21)7-10(11)14(3-4-14)12(23)22-6-5-15(18,8-22)13(24)25/h1-2,7H,3-6,8H2,(H,24,25). The van der Waals surface area contributed by atoms with Crippen LogP contribution in [0.3, 0.4) is 0 Å². The number of carboxylic acid groups (broad SMARTS) is 1. The van der Waals surface area contributed by atoms with Crippen LogP contribution in [0.5, 0.6) is 0 Å². The molecule has 1 atom stereocenters. The maximum atomic E-state index is 14.2. The Morgan fingerprint density at radius 1 is 1.20 bits per heavy atom. The van der Waals surface area contributed by atoms with E-state index in [1.54, 1.807) is 0 Å². The third-order valence-corrected chi connectivity index (χ3v) is 5.19. The lowest BCUT2D eigenvalue weighted by Crippen LogP contribution is -2.42. The number of hydrogen-bond donors (Lipinski definition) is 1. The van der Waals surface area contributed by atoms with Gasteiger partial charge in [0, 0.05) is 18.0 Å². The van der Waals surface area contributed by atoms with Crippen molar-refractivity contribution in [3.05, 3.63) is 34.3 Å². The molecule has 0 bridgehead atoms. The first-order chi connectivity index (χ1) is 11.5. The zero-order chi connectivity index (χ0) is 18.6. The van der Waals surface area contributed by atoms with Gasteiger partial charge in [-0.25, -0.2) is 9.18 Å². The number of carbonyl (C=O) groups is 2. The Kier molecular flexibility index (Phi) is 4.02. The molecule has 1 heterocycles. The van der Waals surface area contributed by atoms with Crippen LogP contribution in [0.4, 0.5) is 17.6 Å². The highest BCUT2D eigenvalue weighted by Gasteiger charge is 2.57. The number of halogens is 5. The van der Waals surface area contributed by atoms with Gasteiger partial charge in [-0.05, 0) is 36.6 Å². The third-order valence-electron chi connectivity index (χ3n) is 4.86. The topological polar surface area (TPSA) is 57.6 Å². The molecule has 1 saturated heterocycles. The predicted octanol–water partition coefficient (Wildman–Crippen LogP) is 3.42. The Morgan fingerprint density at radius 2 is 1.84 bits per heavy atom. The summed E-state index contributed by atoms with van der Waals surface area (Å²) in [4.78, 5) is 24.8. The lowest BCUT2D eigenvalue weighted by Gasteiger charge is -2.25. The van der Waals surface area contributed by atoms with Gasteiger partial charge in [0.25, 0.3) is 0 Å². The number of carboxylic acids is 1. The van der Waals surface area contributed by atoms with Gasteiger partial charge in [-0.3, -0.25) is 4.79 Å². The quantitative estimate of drug-likeness (QED) is 0.819. The van der Waals surface area contributed by atoms with Gasteiger partial charge in [-0.2, -0.15) is 13.2 Å². The first-order valence-corrected chi connectivity index (χ1v) is 7.96. The molecule has 1 aliphatic carbocycles. The molecule has 1 aromatic rings. The molecule has 9 heteroatoms. The van der Waals surface area contributed by atoms with Crippen LogP contribution in [-0.4, -0.2) is 40.6 Å². The smallest absolute Gasteiger partial charge is 0.416 e. The molecule has 3 rings (SSSR count). The average molecular weight is 380 g/mol. The Hall–Kier alpha value is -1.83. The second kappa shape index (κ2) is 5.59. The summed E-state index contributed by atoms with van der Waals surface area (Å²) in [6.45, 7) is -0.709. The SMILES string of the molecule is O=C(O)C1(F)CCN(C(=O)C2(c3cc(C(F)(F)F)ccc3Cl)CC2)C1. The van der Waals surface area contributed by atoms with Gasteiger partial charge in [0.1, 0.15) is 0 Å². The number of aliphatic carboxylic acids is 1. The van der Waals surface area contributed by atoms with E-state index in [9.17, 15) is 27.2 Å². The van der Waals surface area contributed by atoms with Crippen LogP contribution in [0.2, 0.25) is 5.02 Å². The van der Waals surface area contributed by atoms with Crippen molar-refractivity contribution in [1.82, 2.24) is 4.90 Å². The van der Waals surface area contributed by atoms with Crippen LogP contribution in [0.15, 0.2) is 18.2 Å². The lowest BCUT2D eigenvalue weighted by molar-refractivity contribution is -0.150. The summed E-state index contributed by atoms with van der Waals surface area (Å²) in [6, 6.07) is 2.77. The minimum atomic E-state index is -4.58. The maximum Gasteiger partial charge on any atom is 0.416 e. The monoisotopic (exact) mass is 379 g/mol. The second-order valence-corrected chi connectivity index (χ2v) is 6.93. The molecular formula is C16H14ClF4NO3. The van der Waals surface area contributed by atoms with Gasteiger partial charge in [-0.1, -0.05) is 11.6 Å². The summed E-state index contributed by atoms with van der Waals surface area (Å²) >= 11 is 6.02. The second-order valence-electron chi connectivity index (χ2n) is 6.52. The first kappa shape index (κ1) is 18.0. The van der Waals surface area contributed by atoms with E-state index >= 15 is 0 Å². The number of amides is 1. The van der Waals surface area contributed by atoms with Crippen LogP contribution in [0, 0.1) is 0 Å². The van der Waals surface area contributed by atoms with E-state index in [0.717, 1.165) is 23.1 Å². The first-order valence-electron chi connectivity index (χ1n) is 7.59. The lowest BCUT2D eigenvalue weighted by atomic mass is 9.92. The minimum Gasteiger partial charge on any atom is -0.479 e. The Labute approximate surface area is 145 Å². The number of likely N-dealkylation sites (tertiary alicyclic amines) is 1. The van der Waals surface area contributed by atoms with E-state index in [1.165, 1.54) is 0 Å². The fourth-order valence-electron chi connectivity index (χ4n) is 3.22. The molecule has 25 heavy (non-hydrogen) atoms. The zero-order valence-corrected chi connectivity index (χ0v) is 13.6.